The first kappa shape index (κ1) is 14.1. The lowest BCUT2D eigenvalue weighted by Crippen LogP contribution is -2.39. The van der Waals surface area contributed by atoms with Crippen LogP contribution in [0.4, 0.5) is 0 Å². The SMILES string of the molecule is C=Cc1cccc2c1C(=O)OC(C)(c1ccc(I)cc1)O2. The number of cyclic esters (lactones) is 1. The number of esters is 1. The van der Waals surface area contributed by atoms with E-state index in [-0.39, 0.29) is 0 Å². The number of carbonyl (C=O) groups excluding carboxylic acids is 1. The normalized spacial score (nSPS) is 20.2. The third-order valence-electron chi connectivity index (χ3n) is 3.44. The summed E-state index contributed by atoms with van der Waals surface area (Å²) in [6.45, 7) is 5.46. The number of benzene rings is 2. The van der Waals surface area contributed by atoms with Crippen LogP contribution in [0.5, 0.6) is 5.75 Å². The first-order chi connectivity index (χ1) is 10.0. The van der Waals surface area contributed by atoms with E-state index in [4.69, 9.17) is 9.47 Å². The number of fused-ring (bicyclic) bond motifs is 1. The van der Waals surface area contributed by atoms with E-state index in [1.54, 1.807) is 19.1 Å². The second-order valence-corrected chi connectivity index (χ2v) is 6.11. The molecule has 0 saturated heterocycles. The molecule has 4 heteroatoms. The summed E-state index contributed by atoms with van der Waals surface area (Å²) in [4.78, 5) is 12.4. The van der Waals surface area contributed by atoms with E-state index in [1.165, 1.54) is 0 Å². The summed E-state index contributed by atoms with van der Waals surface area (Å²) >= 11 is 2.23. The van der Waals surface area contributed by atoms with Crippen LogP contribution >= 0.6 is 22.6 Å². The maximum Gasteiger partial charge on any atom is 0.346 e. The molecule has 1 aliphatic rings. The average Bonchev–Trinajstić information content (AvgIpc) is 2.46. The van der Waals surface area contributed by atoms with Gasteiger partial charge in [-0.25, -0.2) is 4.79 Å². The molecule has 21 heavy (non-hydrogen) atoms. The van der Waals surface area contributed by atoms with Crippen molar-refractivity contribution in [1.82, 2.24) is 0 Å². The molecular formula is C17H13IO3. The second-order valence-electron chi connectivity index (χ2n) is 4.87. The van der Waals surface area contributed by atoms with Crippen molar-refractivity contribution in [2.75, 3.05) is 0 Å². The van der Waals surface area contributed by atoms with Gasteiger partial charge in [0.25, 0.3) is 5.79 Å². The van der Waals surface area contributed by atoms with Gasteiger partial charge in [0.2, 0.25) is 0 Å². The number of hydrogen-bond donors (Lipinski definition) is 0. The Morgan fingerprint density at radius 1 is 1.14 bits per heavy atom. The topological polar surface area (TPSA) is 35.5 Å². The number of ether oxygens (including phenoxy) is 2. The molecule has 2 aromatic rings. The highest BCUT2D eigenvalue weighted by Gasteiger charge is 2.40. The average molecular weight is 392 g/mol. The molecule has 1 unspecified atom stereocenters. The van der Waals surface area contributed by atoms with Gasteiger partial charge in [0.05, 0.1) is 0 Å². The highest BCUT2D eigenvalue weighted by Crippen LogP contribution is 2.39. The van der Waals surface area contributed by atoms with Crippen molar-refractivity contribution in [3.63, 3.8) is 0 Å². The Labute approximate surface area is 136 Å². The fourth-order valence-electron chi connectivity index (χ4n) is 2.35. The van der Waals surface area contributed by atoms with Crippen molar-refractivity contribution in [3.8, 4) is 5.75 Å². The summed E-state index contributed by atoms with van der Waals surface area (Å²) in [5.41, 5.74) is 1.93. The van der Waals surface area contributed by atoms with Gasteiger partial charge in [-0.2, -0.15) is 0 Å². The molecule has 0 N–H and O–H groups in total. The Morgan fingerprint density at radius 2 is 1.86 bits per heavy atom. The highest BCUT2D eigenvalue weighted by atomic mass is 127. The van der Waals surface area contributed by atoms with Crippen LogP contribution in [0.3, 0.4) is 0 Å². The largest absolute Gasteiger partial charge is 0.447 e. The monoisotopic (exact) mass is 392 g/mol. The second kappa shape index (κ2) is 5.18. The number of hydrogen-bond acceptors (Lipinski definition) is 3. The van der Waals surface area contributed by atoms with Gasteiger partial charge in [-0.3, -0.25) is 0 Å². The molecule has 0 fully saturated rings. The summed E-state index contributed by atoms with van der Waals surface area (Å²) in [5.74, 6) is -0.994. The predicted octanol–water partition coefficient (Wildman–Crippen LogP) is 4.36. The Balaban J connectivity index is 2.07. The van der Waals surface area contributed by atoms with Gasteiger partial charge in [0, 0.05) is 16.1 Å². The number of rotatable bonds is 2. The maximum absolute atomic E-state index is 12.4. The maximum atomic E-state index is 12.4. The first-order valence-electron chi connectivity index (χ1n) is 6.47. The van der Waals surface area contributed by atoms with Gasteiger partial charge < -0.3 is 9.47 Å². The Bertz CT molecular complexity index is 721. The molecule has 0 spiro atoms. The summed E-state index contributed by atoms with van der Waals surface area (Å²) in [6, 6.07) is 13.1. The minimum absolute atomic E-state index is 0.396. The van der Waals surface area contributed by atoms with Crippen LogP contribution in [0.2, 0.25) is 0 Å². The molecule has 3 nitrogen and oxygen atoms in total. The third kappa shape index (κ3) is 2.44. The van der Waals surface area contributed by atoms with Crippen molar-refractivity contribution in [2.24, 2.45) is 0 Å². The molecule has 106 valence electrons. The molecule has 1 aliphatic heterocycles. The summed E-state index contributed by atoms with van der Waals surface area (Å²) in [7, 11) is 0. The summed E-state index contributed by atoms with van der Waals surface area (Å²) < 4.78 is 12.6. The van der Waals surface area contributed by atoms with Gasteiger partial charge in [0.1, 0.15) is 11.3 Å². The quantitative estimate of drug-likeness (QED) is 0.563. The Kier molecular flexibility index (Phi) is 3.49. The molecule has 0 amide bonds. The standard InChI is InChI=1S/C17H13IO3/c1-3-11-5-4-6-14-15(11)16(19)21-17(2,20-14)12-7-9-13(18)10-8-12/h3-10H,1H2,2H3. The van der Waals surface area contributed by atoms with Crippen LogP contribution in [0.1, 0.15) is 28.4 Å². The minimum atomic E-state index is -1.12. The summed E-state index contributed by atoms with van der Waals surface area (Å²) in [5, 5.41) is 0. The lowest BCUT2D eigenvalue weighted by molar-refractivity contribution is -0.148. The molecule has 0 radical (unpaired) electrons. The van der Waals surface area contributed by atoms with E-state index in [0.717, 1.165) is 9.13 Å². The van der Waals surface area contributed by atoms with Crippen LogP contribution in [-0.4, -0.2) is 5.97 Å². The van der Waals surface area contributed by atoms with E-state index in [2.05, 4.69) is 29.2 Å². The highest BCUT2D eigenvalue weighted by molar-refractivity contribution is 14.1. The van der Waals surface area contributed by atoms with Crippen molar-refractivity contribution in [2.45, 2.75) is 12.7 Å². The van der Waals surface area contributed by atoms with Crippen molar-refractivity contribution in [3.05, 3.63) is 69.3 Å². The smallest absolute Gasteiger partial charge is 0.346 e. The van der Waals surface area contributed by atoms with Crippen LogP contribution in [0, 0.1) is 3.57 Å². The lowest BCUT2D eigenvalue weighted by atomic mass is 10.0. The van der Waals surface area contributed by atoms with Gasteiger partial charge in [-0.15, -0.1) is 0 Å². The molecular weight excluding hydrogens is 379 g/mol. The fourth-order valence-corrected chi connectivity index (χ4v) is 2.71. The third-order valence-corrected chi connectivity index (χ3v) is 4.16. The first-order valence-corrected chi connectivity index (χ1v) is 7.55. The van der Waals surface area contributed by atoms with E-state index in [1.807, 2.05) is 36.4 Å². The van der Waals surface area contributed by atoms with Crippen LogP contribution in [-0.2, 0) is 10.5 Å². The zero-order valence-electron chi connectivity index (χ0n) is 11.4. The molecule has 2 aromatic carbocycles. The van der Waals surface area contributed by atoms with Gasteiger partial charge in [-0.05, 0) is 46.4 Å². The van der Waals surface area contributed by atoms with E-state index >= 15 is 0 Å². The van der Waals surface area contributed by atoms with Crippen molar-refractivity contribution < 1.29 is 14.3 Å². The molecule has 3 rings (SSSR count). The van der Waals surface area contributed by atoms with E-state index in [0.29, 0.717) is 16.9 Å². The fraction of sp³-hybridized carbons (Fsp3) is 0.118. The number of carbonyl (C=O) groups is 1. The van der Waals surface area contributed by atoms with Crippen LogP contribution in [0.15, 0.2) is 49.0 Å². The molecule has 0 aliphatic carbocycles. The molecule has 1 heterocycles. The van der Waals surface area contributed by atoms with Crippen molar-refractivity contribution in [1.29, 1.82) is 0 Å². The predicted molar refractivity (Wildman–Crippen MR) is 89.1 cm³/mol. The van der Waals surface area contributed by atoms with E-state index < -0.39 is 11.8 Å². The summed E-state index contributed by atoms with van der Waals surface area (Å²) in [6.07, 6.45) is 1.62. The molecule has 0 aromatic heterocycles. The van der Waals surface area contributed by atoms with Crippen LogP contribution in [0.25, 0.3) is 6.08 Å². The zero-order valence-corrected chi connectivity index (χ0v) is 13.6. The van der Waals surface area contributed by atoms with Crippen molar-refractivity contribution >= 4 is 34.6 Å². The lowest BCUT2D eigenvalue weighted by Gasteiger charge is -2.35. The molecule has 0 saturated carbocycles. The molecule has 0 bridgehead atoms. The number of halogens is 1. The Morgan fingerprint density at radius 3 is 2.52 bits per heavy atom. The van der Waals surface area contributed by atoms with Gasteiger partial charge in [0.15, 0.2) is 0 Å². The molecule has 1 atom stereocenters. The van der Waals surface area contributed by atoms with Crippen LogP contribution < -0.4 is 4.74 Å². The van der Waals surface area contributed by atoms with Gasteiger partial charge >= 0.3 is 5.97 Å². The van der Waals surface area contributed by atoms with E-state index in [9.17, 15) is 4.79 Å². The Hall–Kier alpha value is -1.82. The minimum Gasteiger partial charge on any atom is -0.447 e. The zero-order chi connectivity index (χ0) is 15.0. The van der Waals surface area contributed by atoms with Gasteiger partial charge in [-0.1, -0.05) is 36.9 Å².